The molecule has 42 heteroatoms. The second-order valence-corrected chi connectivity index (χ2v) is 48.1. The fraction of sp³-hybridized carbons (Fsp3) is 0.647. The first-order valence-corrected chi connectivity index (χ1v) is 54.7. The maximum Gasteiger partial charge on any atom is 0.573 e. The highest BCUT2D eigenvalue weighted by molar-refractivity contribution is 7.91. The van der Waals surface area contributed by atoms with Crippen LogP contribution in [0.3, 0.4) is 0 Å². The van der Waals surface area contributed by atoms with E-state index in [4.69, 9.17) is 33.2 Å². The van der Waals surface area contributed by atoms with Gasteiger partial charge in [-0.1, -0.05) is 13.3 Å². The Kier molecular flexibility index (Phi) is 31.3. The van der Waals surface area contributed by atoms with Gasteiger partial charge < -0.3 is 62.8 Å². The molecule has 12 aliphatic rings. The molecular formula is C85H123F3N10O22S7. The van der Waals surface area contributed by atoms with Crippen LogP contribution in [0, 0.1) is 11.8 Å². The summed E-state index contributed by atoms with van der Waals surface area (Å²) in [7, 11) is -22.1. The zero-order valence-electron chi connectivity index (χ0n) is 73.4. The normalized spacial score (nSPS) is 23.0. The average Bonchev–Trinajstić information content (AvgIpc) is 1.70. The highest BCUT2D eigenvalue weighted by atomic mass is 32.2. The molecule has 5 spiro atoms. The Morgan fingerprint density at radius 3 is 0.874 bits per heavy atom. The minimum absolute atomic E-state index is 0.0627. The van der Waals surface area contributed by atoms with E-state index < -0.39 is 111 Å². The number of piperidine rings is 5. The Balaban J connectivity index is 0.000000136. The van der Waals surface area contributed by atoms with Crippen molar-refractivity contribution in [3.63, 3.8) is 0 Å². The van der Waals surface area contributed by atoms with Gasteiger partial charge in [-0.15, -0.1) is 13.2 Å². The van der Waals surface area contributed by atoms with Crippen LogP contribution in [0.4, 0.5) is 13.2 Å². The van der Waals surface area contributed by atoms with E-state index in [-0.39, 0.29) is 31.0 Å². The van der Waals surface area contributed by atoms with Crippen LogP contribution in [0.1, 0.15) is 124 Å². The second-order valence-electron chi connectivity index (χ2n) is 34.8. The van der Waals surface area contributed by atoms with Crippen LogP contribution >= 0.6 is 0 Å². The number of sulfone groups is 2. The Bertz CT molecular complexity index is 5370. The number of nitrogens with zero attached hydrogens (tertiary/aromatic N) is 9. The number of ether oxygens (including phenoxy) is 8. The molecule has 2 saturated carbocycles. The van der Waals surface area contributed by atoms with Crippen molar-refractivity contribution < 1.29 is 110 Å². The predicted octanol–water partition coefficient (Wildman–Crippen LogP) is 8.54. The number of benzene rings is 5. The zero-order valence-corrected chi connectivity index (χ0v) is 79.1. The molecule has 5 aromatic carbocycles. The van der Waals surface area contributed by atoms with Crippen LogP contribution in [0.15, 0.2) is 156 Å². The Hall–Kier alpha value is -5.66. The SMILES string of the molecule is CCCCN1CCC2(CC1)OCCN2S(=O)(=O)c1ccc(OC)cc1.COc1ccc(S(=O)(=O)N2CCOC23CCN(C(C)C)CC3)cc1.CS(=O)(=O)c1ccc(S(=O)(=O)N2CCOC23CCN(CC2CC2)CC3)cc1.CS(=O)(=O)c1ccc(S(=O)(=O)N2CCOC23CCNCC3)cc1.O=S(=O)(c1ccc(OC(F)(F)F)cc1)N1CCOC12CCN(CC1CC1)CC2. The first-order chi connectivity index (χ1) is 60.0. The molecule has 0 unspecified atom stereocenters. The van der Waals surface area contributed by atoms with Gasteiger partial charge in [-0.2, -0.15) is 21.5 Å². The smallest absolute Gasteiger partial charge is 0.497 e. The van der Waals surface area contributed by atoms with Gasteiger partial charge in [0.2, 0.25) is 50.1 Å². The number of alkyl halides is 3. The van der Waals surface area contributed by atoms with E-state index >= 15 is 0 Å². The van der Waals surface area contributed by atoms with Crippen LogP contribution in [0.5, 0.6) is 17.2 Å². The maximum absolute atomic E-state index is 13.2. The molecule has 12 fully saturated rings. The molecule has 10 heterocycles. The number of halogens is 3. The van der Waals surface area contributed by atoms with Crippen LogP contribution in [-0.4, -0.2) is 319 Å². The van der Waals surface area contributed by atoms with Gasteiger partial charge in [-0.05, 0) is 199 Å². The monoisotopic (exact) mass is 1920 g/mol. The third-order valence-corrected chi connectivity index (χ3v) is 38.2. The van der Waals surface area contributed by atoms with E-state index in [1.54, 1.807) is 71.4 Å². The van der Waals surface area contributed by atoms with Crippen molar-refractivity contribution in [2.75, 3.05) is 178 Å². The highest BCUT2D eigenvalue weighted by Crippen LogP contribution is 2.46. The topological polar surface area (TPSA) is 354 Å². The number of rotatable bonds is 23. The number of unbranched alkanes of at least 4 members (excludes halogenated alkanes) is 1. The lowest BCUT2D eigenvalue weighted by molar-refractivity contribution is -0.274. The van der Waals surface area contributed by atoms with Crippen molar-refractivity contribution in [3.05, 3.63) is 121 Å². The predicted molar refractivity (Wildman–Crippen MR) is 467 cm³/mol. The van der Waals surface area contributed by atoms with Crippen molar-refractivity contribution in [3.8, 4) is 17.2 Å². The number of hydrogen-bond acceptors (Lipinski definition) is 27. The standard InChI is InChI=1S/C18H23F3N2O4S.C18H26N2O5S2.C18H28N2O4S.C17H26N2O4S.C14H20N2O5S2/c19-18(20,21)27-15-3-5-16(6-4-15)28(24,25)23-11-12-26-17(23)7-9-22(10-8-17)13-14-1-2-14;1-26(21,22)16-4-6-17(7-5-16)27(23,24)20-12-13-25-18(20)8-10-19(11-9-18)14-15-2-3-15;1-3-4-11-19-12-9-18(10-13-19)20(14-15-24-18)25(21,22)17-7-5-16(23-2)6-8-17;1-14(2)18-10-8-17(9-11-18)19(12-13-23-17)24(20,21)16-6-4-15(22-3)5-7-16;1-22(17,18)12-2-4-13(5-3-12)23(19,20)16-10-11-21-14(16)6-8-15-9-7-14/h3-6,14H,1-2,7-13H2;4-7,15H,2-3,8-14H2,1H3;5-8H,3-4,9-15H2,1-2H3;4-7,14H,8-13H2,1-3H3;2-5,15H,6-11H2,1H3. The summed E-state index contributed by atoms with van der Waals surface area (Å²) in [5.41, 5.74) is -3.78. The third-order valence-electron chi connectivity index (χ3n) is 26.1. The quantitative estimate of drug-likeness (QED) is 0.0639. The molecule has 5 aromatic rings. The summed E-state index contributed by atoms with van der Waals surface area (Å²) >= 11 is 0. The molecule has 0 bridgehead atoms. The summed E-state index contributed by atoms with van der Waals surface area (Å²) < 4.78 is 265. The lowest BCUT2D eigenvalue weighted by Gasteiger charge is -2.44. The van der Waals surface area contributed by atoms with Gasteiger partial charge in [0, 0.05) is 181 Å². The highest BCUT2D eigenvalue weighted by Gasteiger charge is 2.56. The van der Waals surface area contributed by atoms with E-state index in [1.165, 1.54) is 100.0 Å². The van der Waals surface area contributed by atoms with E-state index in [9.17, 15) is 72.1 Å². The summed E-state index contributed by atoms with van der Waals surface area (Å²) in [6.07, 6.45) is 11.5. The van der Waals surface area contributed by atoms with Crippen LogP contribution < -0.4 is 19.5 Å². The summed E-state index contributed by atoms with van der Waals surface area (Å²) in [5, 5.41) is 3.20. The van der Waals surface area contributed by atoms with Crippen LogP contribution in [0.25, 0.3) is 0 Å². The fourth-order valence-corrected chi connectivity index (χ4v) is 28.4. The molecule has 0 amide bonds. The van der Waals surface area contributed by atoms with Gasteiger partial charge in [0.15, 0.2) is 19.7 Å². The summed E-state index contributed by atoms with van der Waals surface area (Å²) in [6.45, 7) is 21.6. The number of sulfonamides is 5. The Labute approximate surface area is 748 Å². The molecule has 2 aliphatic carbocycles. The van der Waals surface area contributed by atoms with Gasteiger partial charge in [-0.25, -0.2) is 58.9 Å². The average molecular weight is 1920 g/mol. The number of likely N-dealkylation sites (tertiary alicyclic amines) is 4. The van der Waals surface area contributed by atoms with Crippen molar-refractivity contribution in [2.24, 2.45) is 11.8 Å². The van der Waals surface area contributed by atoms with E-state index in [0.29, 0.717) is 151 Å². The van der Waals surface area contributed by atoms with E-state index in [1.807, 2.05) is 0 Å². The lowest BCUT2D eigenvalue weighted by atomic mass is 10.00. The molecule has 32 nitrogen and oxygen atoms in total. The summed E-state index contributed by atoms with van der Waals surface area (Å²) in [5.74, 6) is 2.43. The summed E-state index contributed by atoms with van der Waals surface area (Å²) in [6, 6.07) is 28.7. The molecule has 17 rings (SSSR count). The first-order valence-electron chi connectivity index (χ1n) is 43.8. The molecule has 1 N–H and O–H groups in total. The second kappa shape index (κ2) is 40.3. The minimum atomic E-state index is -4.82. The zero-order chi connectivity index (χ0) is 91.3. The van der Waals surface area contributed by atoms with Crippen molar-refractivity contribution in [1.82, 2.24) is 46.4 Å². The molecular weight excluding hydrogens is 1790 g/mol. The van der Waals surface area contributed by atoms with Crippen LogP contribution in [-0.2, 0) is 93.5 Å². The van der Waals surface area contributed by atoms with Gasteiger partial charge in [-0.3, -0.25) is 0 Å². The molecule has 10 aliphatic heterocycles. The Morgan fingerprint density at radius 2 is 0.622 bits per heavy atom. The first kappa shape index (κ1) is 98.8. The molecule has 127 heavy (non-hydrogen) atoms. The largest absolute Gasteiger partial charge is 0.573 e. The number of methoxy groups -OCH3 is 2. The lowest BCUT2D eigenvalue weighted by Crippen LogP contribution is -2.55. The molecule has 708 valence electrons. The van der Waals surface area contributed by atoms with E-state index in [0.717, 1.165) is 133 Å². The molecule has 0 radical (unpaired) electrons. The van der Waals surface area contributed by atoms with Gasteiger partial charge in [0.1, 0.15) is 45.9 Å². The molecule has 0 atom stereocenters. The van der Waals surface area contributed by atoms with Crippen molar-refractivity contribution in [1.29, 1.82) is 0 Å². The van der Waals surface area contributed by atoms with Crippen molar-refractivity contribution >= 4 is 69.8 Å². The summed E-state index contributed by atoms with van der Waals surface area (Å²) in [4.78, 5) is 10.5. The van der Waals surface area contributed by atoms with E-state index in [2.05, 4.69) is 50.4 Å². The fourth-order valence-electron chi connectivity index (χ4n) is 18.5. The Morgan fingerprint density at radius 1 is 0.370 bits per heavy atom. The van der Waals surface area contributed by atoms with Gasteiger partial charge >= 0.3 is 6.36 Å². The van der Waals surface area contributed by atoms with Gasteiger partial charge in [0.25, 0.3) is 0 Å². The molecule has 10 saturated heterocycles. The van der Waals surface area contributed by atoms with Crippen molar-refractivity contribution in [2.45, 2.75) is 199 Å². The number of hydrogen-bond donors (Lipinski definition) is 1. The maximum atomic E-state index is 13.2. The number of nitrogens with one attached hydrogen (secondary N) is 1. The molecule has 0 aromatic heterocycles. The van der Waals surface area contributed by atoms with Crippen LogP contribution in [0.2, 0.25) is 0 Å². The minimum Gasteiger partial charge on any atom is -0.497 e. The third kappa shape index (κ3) is 23.1. The van der Waals surface area contributed by atoms with Gasteiger partial charge in [0.05, 0.1) is 81.5 Å².